The van der Waals surface area contributed by atoms with Gasteiger partial charge in [-0.05, 0) is 25.1 Å². The minimum absolute atomic E-state index is 0.0969. The molecule has 0 saturated heterocycles. The number of hydrogen-bond acceptors (Lipinski definition) is 6. The van der Waals surface area contributed by atoms with E-state index in [4.69, 9.17) is 22.9 Å². The maximum absolute atomic E-state index is 14.7. The molecule has 1 aliphatic rings. The Morgan fingerprint density at radius 2 is 2.09 bits per heavy atom. The number of halogens is 3. The monoisotopic (exact) mass is 475 g/mol. The first kappa shape index (κ1) is 23.2. The number of aliphatic hydroxyl groups is 1. The van der Waals surface area contributed by atoms with Gasteiger partial charge in [-0.3, -0.25) is 15.3 Å². The molecule has 2 aromatic carbocycles. The first-order chi connectivity index (χ1) is 15.7. The van der Waals surface area contributed by atoms with Gasteiger partial charge in [0.25, 0.3) is 0 Å². The molecule has 33 heavy (non-hydrogen) atoms. The second-order valence-electron chi connectivity index (χ2n) is 8.08. The Kier molecular flexibility index (Phi) is 6.44. The van der Waals surface area contributed by atoms with E-state index in [0.29, 0.717) is 36.3 Å². The molecule has 0 unspecified atom stereocenters. The number of nitrogens with one attached hydrogen (secondary N) is 1. The fraction of sp³-hybridized carbons (Fsp3) is 0.318. The number of hydrogen-bond donors (Lipinski definition) is 3. The van der Waals surface area contributed by atoms with Crippen LogP contribution in [0.15, 0.2) is 42.5 Å². The average molecular weight is 476 g/mol. The van der Waals surface area contributed by atoms with Gasteiger partial charge >= 0.3 is 0 Å². The lowest BCUT2D eigenvalue weighted by Crippen LogP contribution is -2.57. The van der Waals surface area contributed by atoms with Gasteiger partial charge in [-0.25, -0.2) is 24.3 Å². The molecule has 2 heterocycles. The van der Waals surface area contributed by atoms with Crippen LogP contribution in [-0.2, 0) is 18.7 Å². The van der Waals surface area contributed by atoms with Gasteiger partial charge in [-0.2, -0.15) is 5.10 Å². The maximum atomic E-state index is 14.7. The number of hydrazine groups is 1. The van der Waals surface area contributed by atoms with Crippen molar-refractivity contribution in [2.75, 3.05) is 13.1 Å². The summed E-state index contributed by atoms with van der Waals surface area (Å²) in [4.78, 5) is 6.57. The summed E-state index contributed by atoms with van der Waals surface area (Å²) in [6.07, 6.45) is 0.837. The summed E-state index contributed by atoms with van der Waals surface area (Å²) >= 11 is 6.09. The number of fused-ring (bicyclic) bond motifs is 1. The molecule has 0 amide bonds. The third kappa shape index (κ3) is 4.60. The van der Waals surface area contributed by atoms with Gasteiger partial charge in [0.15, 0.2) is 5.82 Å². The van der Waals surface area contributed by atoms with Gasteiger partial charge in [0, 0.05) is 34.8 Å². The summed E-state index contributed by atoms with van der Waals surface area (Å²) in [6, 6.07) is 9.63. The third-order valence-corrected chi connectivity index (χ3v) is 6.24. The number of nitrogens with two attached hydrogens (primary N) is 1. The Balaban J connectivity index is 1.64. The molecule has 0 radical (unpaired) electrons. The first-order valence-electron chi connectivity index (χ1n) is 10.3. The lowest BCUT2D eigenvalue weighted by atomic mass is 9.85. The van der Waals surface area contributed by atoms with Gasteiger partial charge in [-0.15, -0.1) is 0 Å². The third-order valence-electron chi connectivity index (χ3n) is 6.00. The maximum Gasteiger partial charge on any atom is 0.181 e. The molecule has 4 rings (SSSR count). The van der Waals surface area contributed by atoms with Crippen LogP contribution in [0.4, 0.5) is 8.78 Å². The number of benzene rings is 2. The van der Waals surface area contributed by atoms with Crippen LogP contribution in [0.1, 0.15) is 18.3 Å². The minimum atomic E-state index is -1.83. The topological polar surface area (TPSA) is 107 Å². The number of nitrogens with zero attached hydrogens (tertiary/aromatic N) is 5. The predicted octanol–water partition coefficient (Wildman–Crippen LogP) is 2.75. The van der Waals surface area contributed by atoms with Gasteiger partial charge < -0.3 is 5.11 Å². The number of aromatic nitrogens is 3. The molecule has 0 aliphatic carbocycles. The van der Waals surface area contributed by atoms with E-state index in [-0.39, 0.29) is 12.1 Å². The molecule has 0 spiro atoms. The van der Waals surface area contributed by atoms with Gasteiger partial charge in [-0.1, -0.05) is 29.8 Å². The van der Waals surface area contributed by atoms with Crippen LogP contribution >= 0.6 is 11.6 Å². The van der Waals surface area contributed by atoms with E-state index >= 15 is 0 Å². The molecule has 2 atom stereocenters. The van der Waals surface area contributed by atoms with Crippen molar-refractivity contribution in [1.29, 1.82) is 5.41 Å². The Labute approximate surface area is 194 Å². The highest BCUT2D eigenvalue weighted by Gasteiger charge is 2.43. The highest BCUT2D eigenvalue weighted by Crippen LogP contribution is 2.33. The van der Waals surface area contributed by atoms with Crippen LogP contribution in [0, 0.1) is 17.0 Å². The predicted molar refractivity (Wildman–Crippen MR) is 120 cm³/mol. The molecule has 4 N–H and O–H groups in total. The molecule has 11 heteroatoms. The van der Waals surface area contributed by atoms with Crippen molar-refractivity contribution in [3.63, 3.8) is 0 Å². The van der Waals surface area contributed by atoms with Crippen LogP contribution in [0.3, 0.4) is 0 Å². The Morgan fingerprint density at radius 1 is 1.30 bits per heavy atom. The molecule has 0 bridgehead atoms. The van der Waals surface area contributed by atoms with E-state index in [2.05, 4.69) is 10.1 Å². The van der Waals surface area contributed by atoms with E-state index in [1.54, 1.807) is 23.7 Å². The summed E-state index contributed by atoms with van der Waals surface area (Å²) in [5.41, 5.74) is -1.14. The van der Waals surface area contributed by atoms with Crippen LogP contribution < -0.4 is 5.84 Å². The van der Waals surface area contributed by atoms with Crippen molar-refractivity contribution < 1.29 is 13.9 Å². The van der Waals surface area contributed by atoms with Crippen molar-refractivity contribution in [2.24, 2.45) is 5.84 Å². The quantitative estimate of drug-likeness (QED) is 0.210. The van der Waals surface area contributed by atoms with Gasteiger partial charge in [0.1, 0.15) is 23.1 Å². The van der Waals surface area contributed by atoms with Crippen LogP contribution in [-0.4, -0.2) is 55.2 Å². The summed E-state index contributed by atoms with van der Waals surface area (Å²) in [6.45, 7) is 2.83. The molecule has 3 aromatic rings. The zero-order valence-electron chi connectivity index (χ0n) is 17.9. The normalized spacial score (nSPS) is 16.7. The van der Waals surface area contributed by atoms with Crippen molar-refractivity contribution >= 4 is 17.9 Å². The van der Waals surface area contributed by atoms with Gasteiger partial charge in [0.05, 0.1) is 26.0 Å². The molecule has 1 aromatic heterocycles. The fourth-order valence-electron chi connectivity index (χ4n) is 4.14. The zero-order valence-corrected chi connectivity index (χ0v) is 18.7. The first-order valence-corrected chi connectivity index (χ1v) is 10.7. The largest absolute Gasteiger partial charge is 0.381 e. The van der Waals surface area contributed by atoms with E-state index < -0.39 is 23.3 Å². The number of rotatable bonds is 7. The van der Waals surface area contributed by atoms with Crippen molar-refractivity contribution in [3.05, 3.63) is 70.5 Å². The lowest BCUT2D eigenvalue weighted by molar-refractivity contribution is -0.0684. The fourth-order valence-corrected chi connectivity index (χ4v) is 4.33. The molecular formula is C22H24ClF2N7O. The van der Waals surface area contributed by atoms with E-state index in [0.717, 1.165) is 29.0 Å². The smallest absolute Gasteiger partial charge is 0.181 e. The van der Waals surface area contributed by atoms with Crippen LogP contribution in [0.25, 0.3) is 11.4 Å². The second kappa shape index (κ2) is 9.14. The van der Waals surface area contributed by atoms with Crippen molar-refractivity contribution in [2.45, 2.75) is 31.7 Å². The molecule has 174 valence electrons. The van der Waals surface area contributed by atoms with Crippen LogP contribution in [0.5, 0.6) is 0 Å². The summed E-state index contributed by atoms with van der Waals surface area (Å²) in [7, 11) is 0. The molecular weight excluding hydrogens is 452 g/mol. The zero-order chi connectivity index (χ0) is 23.8. The summed E-state index contributed by atoms with van der Waals surface area (Å²) in [5, 5.41) is 25.1. The minimum Gasteiger partial charge on any atom is -0.381 e. The molecule has 0 fully saturated rings. The SMILES string of the molecule is C[C@@H](N1CCn2nc(-c3cccc(Cl)c3)nc2C1)[C@](O)(CN(N)C=N)c1ccc(F)cc1F. The molecule has 0 saturated carbocycles. The molecule has 8 nitrogen and oxygen atoms in total. The van der Waals surface area contributed by atoms with Gasteiger partial charge in [0.2, 0.25) is 0 Å². The second-order valence-corrected chi connectivity index (χ2v) is 8.52. The summed E-state index contributed by atoms with van der Waals surface area (Å²) in [5.74, 6) is 5.37. The molecule has 1 aliphatic heterocycles. The summed E-state index contributed by atoms with van der Waals surface area (Å²) < 4.78 is 30.0. The van der Waals surface area contributed by atoms with E-state index in [1.807, 2.05) is 17.0 Å². The van der Waals surface area contributed by atoms with E-state index in [1.165, 1.54) is 6.07 Å². The lowest BCUT2D eigenvalue weighted by Gasteiger charge is -2.43. The standard InChI is InChI=1S/C22H24ClF2N7O/c1-14(22(33,12-31(27)13-26)18-6-5-17(24)10-19(18)25)30-7-8-32-20(11-30)28-21(29-32)15-3-2-4-16(23)9-15/h2-6,9-10,13-14,26,33H,7-8,11-12,27H2,1H3/t14-,22-/m1/s1. The van der Waals surface area contributed by atoms with Crippen molar-refractivity contribution in [1.82, 2.24) is 24.7 Å². The Bertz CT molecular complexity index is 1170. The van der Waals surface area contributed by atoms with E-state index in [9.17, 15) is 13.9 Å². The highest BCUT2D eigenvalue weighted by molar-refractivity contribution is 6.30. The average Bonchev–Trinajstić information content (AvgIpc) is 3.21. The Morgan fingerprint density at radius 3 is 2.79 bits per heavy atom. The highest BCUT2D eigenvalue weighted by atomic mass is 35.5. The Hall–Kier alpha value is -2.92. The van der Waals surface area contributed by atoms with Crippen molar-refractivity contribution in [3.8, 4) is 11.4 Å². The van der Waals surface area contributed by atoms with Crippen LogP contribution in [0.2, 0.25) is 5.02 Å².